The lowest BCUT2D eigenvalue weighted by molar-refractivity contribution is 0.414. The van der Waals surface area contributed by atoms with Gasteiger partial charge >= 0.3 is 0 Å². The molecular weight excluding hydrogens is 174 g/mol. The van der Waals surface area contributed by atoms with Crippen LogP contribution in [-0.4, -0.2) is 13.7 Å². The summed E-state index contributed by atoms with van der Waals surface area (Å²) < 4.78 is 5.14. The van der Waals surface area contributed by atoms with E-state index in [2.05, 4.69) is 24.4 Å². The Labute approximate surface area is 85.3 Å². The van der Waals surface area contributed by atoms with Crippen LogP contribution in [0.25, 0.3) is 0 Å². The molecule has 2 nitrogen and oxygen atoms in total. The first-order valence-corrected chi connectivity index (χ1v) is 5.18. The molecular formula is C12H17NO. The van der Waals surface area contributed by atoms with Crippen molar-refractivity contribution in [1.82, 2.24) is 5.32 Å². The van der Waals surface area contributed by atoms with Crippen LogP contribution in [0.2, 0.25) is 0 Å². The lowest BCUT2D eigenvalue weighted by atomic mass is 9.96. The maximum absolute atomic E-state index is 5.14. The third kappa shape index (κ3) is 1.75. The monoisotopic (exact) mass is 191 g/mol. The number of ether oxygens (including phenoxy) is 1. The zero-order chi connectivity index (χ0) is 9.97. The smallest absolute Gasteiger partial charge is 0.118 e. The molecule has 2 atom stereocenters. The van der Waals surface area contributed by atoms with Crippen molar-refractivity contribution in [3.63, 3.8) is 0 Å². The maximum Gasteiger partial charge on any atom is 0.118 e. The van der Waals surface area contributed by atoms with Crippen molar-refractivity contribution < 1.29 is 4.74 Å². The molecule has 1 fully saturated rings. The summed E-state index contributed by atoms with van der Waals surface area (Å²) in [6.45, 7) is 3.44. The van der Waals surface area contributed by atoms with E-state index in [0.717, 1.165) is 18.2 Å². The molecule has 1 heterocycles. The van der Waals surface area contributed by atoms with Gasteiger partial charge in [-0.25, -0.2) is 0 Å². The van der Waals surface area contributed by atoms with E-state index in [1.165, 1.54) is 12.0 Å². The molecule has 0 amide bonds. The minimum Gasteiger partial charge on any atom is -0.497 e. The molecule has 76 valence electrons. The van der Waals surface area contributed by atoms with Crippen molar-refractivity contribution in [2.24, 2.45) is 5.92 Å². The van der Waals surface area contributed by atoms with E-state index in [9.17, 15) is 0 Å². The van der Waals surface area contributed by atoms with Crippen molar-refractivity contribution in [2.45, 2.75) is 19.4 Å². The Morgan fingerprint density at radius 1 is 1.29 bits per heavy atom. The molecule has 0 bridgehead atoms. The minimum absolute atomic E-state index is 0.529. The van der Waals surface area contributed by atoms with Crippen molar-refractivity contribution in [1.29, 1.82) is 0 Å². The zero-order valence-corrected chi connectivity index (χ0v) is 8.79. The SMILES string of the molecule is COc1ccc(C2NCCC2C)cc1. The van der Waals surface area contributed by atoms with Crippen LogP contribution in [0.3, 0.4) is 0 Å². The molecule has 0 spiro atoms. The molecule has 1 aliphatic rings. The first-order valence-electron chi connectivity index (χ1n) is 5.18. The van der Waals surface area contributed by atoms with Crippen LogP contribution < -0.4 is 10.1 Å². The Morgan fingerprint density at radius 3 is 2.50 bits per heavy atom. The third-order valence-electron chi connectivity index (χ3n) is 3.01. The summed E-state index contributed by atoms with van der Waals surface area (Å²) in [5, 5.41) is 3.52. The molecule has 2 rings (SSSR count). The zero-order valence-electron chi connectivity index (χ0n) is 8.79. The highest BCUT2D eigenvalue weighted by atomic mass is 16.5. The number of hydrogen-bond acceptors (Lipinski definition) is 2. The Hall–Kier alpha value is -1.02. The molecule has 0 aliphatic carbocycles. The number of rotatable bonds is 2. The lowest BCUT2D eigenvalue weighted by Crippen LogP contribution is -2.16. The molecule has 14 heavy (non-hydrogen) atoms. The number of methoxy groups -OCH3 is 1. The molecule has 2 unspecified atom stereocenters. The normalized spacial score (nSPS) is 26.4. The topological polar surface area (TPSA) is 21.3 Å². The van der Waals surface area contributed by atoms with Gasteiger partial charge in [-0.15, -0.1) is 0 Å². The Kier molecular flexibility index (Phi) is 2.73. The number of hydrogen-bond donors (Lipinski definition) is 1. The highest BCUT2D eigenvalue weighted by Crippen LogP contribution is 2.29. The standard InChI is InChI=1S/C12H17NO/c1-9-7-8-13-12(9)10-3-5-11(14-2)6-4-10/h3-6,9,12-13H,7-8H2,1-2H3. The first kappa shape index (κ1) is 9.53. The van der Waals surface area contributed by atoms with Gasteiger partial charge < -0.3 is 10.1 Å². The van der Waals surface area contributed by atoms with Crippen LogP contribution >= 0.6 is 0 Å². The minimum atomic E-state index is 0.529. The summed E-state index contributed by atoms with van der Waals surface area (Å²) in [5.74, 6) is 1.67. The van der Waals surface area contributed by atoms with Gasteiger partial charge in [0.2, 0.25) is 0 Å². The molecule has 1 aliphatic heterocycles. The second-order valence-electron chi connectivity index (χ2n) is 3.97. The van der Waals surface area contributed by atoms with Gasteiger partial charge in [0, 0.05) is 6.04 Å². The quantitative estimate of drug-likeness (QED) is 0.775. The molecule has 1 aromatic rings. The van der Waals surface area contributed by atoms with Gasteiger partial charge in [-0.3, -0.25) is 0 Å². The van der Waals surface area contributed by atoms with Gasteiger partial charge in [-0.05, 0) is 36.6 Å². The highest BCUT2D eigenvalue weighted by molar-refractivity contribution is 5.29. The van der Waals surface area contributed by atoms with Crippen LogP contribution in [0, 0.1) is 5.92 Å². The summed E-state index contributed by atoms with van der Waals surface area (Å²) in [7, 11) is 1.70. The average Bonchev–Trinajstić information content (AvgIpc) is 2.65. The Morgan fingerprint density at radius 2 is 2.00 bits per heavy atom. The predicted molar refractivity (Wildman–Crippen MR) is 57.5 cm³/mol. The lowest BCUT2D eigenvalue weighted by Gasteiger charge is -2.16. The fraction of sp³-hybridized carbons (Fsp3) is 0.500. The molecule has 0 radical (unpaired) electrons. The molecule has 1 N–H and O–H groups in total. The van der Waals surface area contributed by atoms with Crippen molar-refractivity contribution in [2.75, 3.05) is 13.7 Å². The Bertz CT molecular complexity index is 294. The van der Waals surface area contributed by atoms with Gasteiger partial charge in [0.25, 0.3) is 0 Å². The second-order valence-corrected chi connectivity index (χ2v) is 3.97. The van der Waals surface area contributed by atoms with E-state index >= 15 is 0 Å². The predicted octanol–water partition coefficient (Wildman–Crippen LogP) is 2.37. The van der Waals surface area contributed by atoms with E-state index in [1.807, 2.05) is 12.1 Å². The van der Waals surface area contributed by atoms with Crippen LogP contribution in [0.4, 0.5) is 0 Å². The van der Waals surface area contributed by atoms with Crippen molar-refractivity contribution >= 4 is 0 Å². The number of nitrogens with one attached hydrogen (secondary N) is 1. The van der Waals surface area contributed by atoms with Crippen molar-refractivity contribution in [3.05, 3.63) is 29.8 Å². The molecule has 0 aromatic heterocycles. The summed E-state index contributed by atoms with van der Waals surface area (Å²) in [6.07, 6.45) is 1.27. The van der Waals surface area contributed by atoms with Gasteiger partial charge in [0.05, 0.1) is 7.11 Å². The van der Waals surface area contributed by atoms with Gasteiger partial charge in [0.1, 0.15) is 5.75 Å². The van der Waals surface area contributed by atoms with E-state index in [1.54, 1.807) is 7.11 Å². The fourth-order valence-corrected chi connectivity index (χ4v) is 2.09. The summed E-state index contributed by atoms with van der Waals surface area (Å²) in [6, 6.07) is 8.89. The average molecular weight is 191 g/mol. The first-order chi connectivity index (χ1) is 6.81. The van der Waals surface area contributed by atoms with E-state index in [0.29, 0.717) is 6.04 Å². The van der Waals surface area contributed by atoms with Crippen LogP contribution in [0.5, 0.6) is 5.75 Å². The summed E-state index contributed by atoms with van der Waals surface area (Å²) in [5.41, 5.74) is 1.37. The molecule has 1 saturated heterocycles. The second kappa shape index (κ2) is 4.01. The maximum atomic E-state index is 5.14. The van der Waals surface area contributed by atoms with Crippen LogP contribution in [0.1, 0.15) is 24.9 Å². The van der Waals surface area contributed by atoms with Crippen LogP contribution in [-0.2, 0) is 0 Å². The summed E-state index contributed by atoms with van der Waals surface area (Å²) in [4.78, 5) is 0. The fourth-order valence-electron chi connectivity index (χ4n) is 2.09. The van der Waals surface area contributed by atoms with Crippen molar-refractivity contribution in [3.8, 4) is 5.75 Å². The summed E-state index contributed by atoms with van der Waals surface area (Å²) >= 11 is 0. The molecule has 0 saturated carbocycles. The molecule has 2 heteroatoms. The van der Waals surface area contributed by atoms with E-state index in [-0.39, 0.29) is 0 Å². The molecule has 1 aromatic carbocycles. The highest BCUT2D eigenvalue weighted by Gasteiger charge is 2.23. The van der Waals surface area contributed by atoms with Gasteiger partial charge in [0.15, 0.2) is 0 Å². The Balaban J connectivity index is 2.16. The van der Waals surface area contributed by atoms with Gasteiger partial charge in [-0.2, -0.15) is 0 Å². The van der Waals surface area contributed by atoms with Gasteiger partial charge in [-0.1, -0.05) is 19.1 Å². The van der Waals surface area contributed by atoms with Crippen LogP contribution in [0.15, 0.2) is 24.3 Å². The van der Waals surface area contributed by atoms with E-state index in [4.69, 9.17) is 4.74 Å². The third-order valence-corrected chi connectivity index (χ3v) is 3.01. The number of benzene rings is 1. The van der Waals surface area contributed by atoms with E-state index < -0.39 is 0 Å². The largest absolute Gasteiger partial charge is 0.497 e.